The third-order valence-electron chi connectivity index (χ3n) is 3.80. The van der Waals surface area contributed by atoms with E-state index in [0.717, 1.165) is 11.6 Å². The summed E-state index contributed by atoms with van der Waals surface area (Å²) in [4.78, 5) is 34.9. The van der Waals surface area contributed by atoms with Crippen molar-refractivity contribution >= 4 is 34.8 Å². The van der Waals surface area contributed by atoms with Crippen LogP contribution in [0.1, 0.15) is 22.8 Å². The number of hydrogen-bond acceptors (Lipinski definition) is 5. The van der Waals surface area contributed by atoms with Crippen LogP contribution in [-0.4, -0.2) is 29.9 Å². The summed E-state index contributed by atoms with van der Waals surface area (Å²) < 4.78 is 5.20. The minimum absolute atomic E-state index is 0.0868. The van der Waals surface area contributed by atoms with Crippen LogP contribution < -0.4 is 15.4 Å². The summed E-state index contributed by atoms with van der Waals surface area (Å²) >= 11 is 6.04. The predicted molar refractivity (Wildman–Crippen MR) is 101 cm³/mol. The van der Waals surface area contributed by atoms with E-state index in [1.165, 1.54) is 32.2 Å². The van der Waals surface area contributed by atoms with Crippen LogP contribution in [0.2, 0.25) is 5.02 Å². The normalized spacial score (nSPS) is 11.4. The Hall–Kier alpha value is -3.13. The first kappa shape index (κ1) is 20.2. The van der Waals surface area contributed by atoms with Crippen molar-refractivity contribution in [1.82, 2.24) is 5.32 Å². The topological polar surface area (TPSA) is 111 Å². The number of nitro benzene ring substituents is 1. The van der Waals surface area contributed by atoms with E-state index in [1.54, 1.807) is 19.1 Å². The minimum Gasteiger partial charge on any atom is -0.495 e. The molecular weight excluding hydrogens is 374 g/mol. The van der Waals surface area contributed by atoms with Crippen molar-refractivity contribution in [2.75, 3.05) is 12.4 Å². The number of hydrogen-bond donors (Lipinski definition) is 2. The molecule has 0 aliphatic heterocycles. The second-order valence-corrected chi connectivity index (χ2v) is 6.20. The zero-order chi connectivity index (χ0) is 20.1. The van der Waals surface area contributed by atoms with Gasteiger partial charge in [-0.1, -0.05) is 17.7 Å². The summed E-state index contributed by atoms with van der Waals surface area (Å²) in [6, 6.07) is 7.61. The van der Waals surface area contributed by atoms with Crippen molar-refractivity contribution in [1.29, 1.82) is 0 Å². The lowest BCUT2D eigenvalue weighted by Gasteiger charge is -2.16. The van der Waals surface area contributed by atoms with Crippen molar-refractivity contribution in [3.8, 4) is 5.75 Å². The number of non-ortho nitro benzene ring substituents is 1. The molecule has 142 valence electrons. The number of halogens is 1. The molecule has 2 aromatic rings. The number of aryl methyl sites for hydroxylation is 1. The van der Waals surface area contributed by atoms with E-state index in [1.807, 2.05) is 0 Å². The van der Waals surface area contributed by atoms with Gasteiger partial charge < -0.3 is 15.4 Å². The Kier molecular flexibility index (Phi) is 6.36. The molecule has 2 amide bonds. The number of nitrogens with zero attached hydrogens (tertiary/aromatic N) is 1. The molecule has 2 rings (SSSR count). The smallest absolute Gasteiger partial charge is 0.270 e. The molecule has 0 aliphatic carbocycles. The Bertz CT molecular complexity index is 901. The molecule has 0 saturated heterocycles. The number of benzene rings is 2. The molecule has 8 nitrogen and oxygen atoms in total. The quantitative estimate of drug-likeness (QED) is 0.579. The van der Waals surface area contributed by atoms with E-state index in [9.17, 15) is 19.7 Å². The van der Waals surface area contributed by atoms with Gasteiger partial charge in [0.05, 0.1) is 17.7 Å². The van der Waals surface area contributed by atoms with Crippen LogP contribution in [-0.2, 0) is 4.79 Å². The highest BCUT2D eigenvalue weighted by Gasteiger charge is 2.20. The molecule has 0 aromatic heterocycles. The third kappa shape index (κ3) is 4.95. The number of methoxy groups -OCH3 is 1. The number of carbonyl (C=O) groups is 2. The van der Waals surface area contributed by atoms with Gasteiger partial charge >= 0.3 is 0 Å². The lowest BCUT2D eigenvalue weighted by Crippen LogP contribution is -2.41. The second kappa shape index (κ2) is 8.50. The summed E-state index contributed by atoms with van der Waals surface area (Å²) in [6.45, 7) is 3.28. The SMILES string of the molecule is COc1cc(Cl)c(C)cc1NC(=O)C(C)NC(=O)c1cccc([N+](=O)[O-])c1. The summed E-state index contributed by atoms with van der Waals surface area (Å²) in [7, 11) is 1.45. The molecule has 0 bridgehead atoms. The average Bonchev–Trinajstić information content (AvgIpc) is 2.64. The van der Waals surface area contributed by atoms with Crippen molar-refractivity contribution in [2.24, 2.45) is 0 Å². The van der Waals surface area contributed by atoms with E-state index in [4.69, 9.17) is 16.3 Å². The molecule has 0 spiro atoms. The van der Waals surface area contributed by atoms with E-state index in [-0.39, 0.29) is 11.3 Å². The van der Waals surface area contributed by atoms with Crippen LogP contribution in [0.5, 0.6) is 5.75 Å². The zero-order valence-electron chi connectivity index (χ0n) is 14.9. The summed E-state index contributed by atoms with van der Waals surface area (Å²) in [5.41, 5.74) is 1.05. The second-order valence-electron chi connectivity index (χ2n) is 5.79. The van der Waals surface area contributed by atoms with Gasteiger partial charge in [-0.15, -0.1) is 0 Å². The first-order valence-electron chi connectivity index (χ1n) is 7.93. The molecule has 1 atom stereocenters. The van der Waals surface area contributed by atoms with Crippen LogP contribution in [0.3, 0.4) is 0 Å². The van der Waals surface area contributed by atoms with Crippen molar-refractivity contribution in [3.63, 3.8) is 0 Å². The van der Waals surface area contributed by atoms with Crippen LogP contribution >= 0.6 is 11.6 Å². The lowest BCUT2D eigenvalue weighted by molar-refractivity contribution is -0.384. The number of carbonyl (C=O) groups excluding carboxylic acids is 2. The Morgan fingerprint density at radius 3 is 2.59 bits per heavy atom. The number of amides is 2. The molecule has 0 saturated carbocycles. The first-order chi connectivity index (χ1) is 12.7. The van der Waals surface area contributed by atoms with Crippen molar-refractivity contribution < 1.29 is 19.2 Å². The highest BCUT2D eigenvalue weighted by Crippen LogP contribution is 2.31. The fourth-order valence-electron chi connectivity index (χ4n) is 2.28. The summed E-state index contributed by atoms with van der Waals surface area (Å²) in [5.74, 6) is -0.689. The van der Waals surface area contributed by atoms with Gasteiger partial charge in [0.25, 0.3) is 11.6 Å². The standard InChI is InChI=1S/C18H18ClN3O5/c1-10-7-15(16(27-3)9-14(10)19)21-17(23)11(2)20-18(24)12-5-4-6-13(8-12)22(25)26/h4-9,11H,1-3H3,(H,20,24)(H,21,23). The maximum atomic E-state index is 12.4. The molecular formula is C18H18ClN3O5. The molecule has 0 aliphatic rings. The summed E-state index contributed by atoms with van der Waals surface area (Å²) in [6.07, 6.45) is 0. The van der Waals surface area contributed by atoms with Gasteiger partial charge in [-0.3, -0.25) is 19.7 Å². The van der Waals surface area contributed by atoms with E-state index >= 15 is 0 Å². The molecule has 0 radical (unpaired) electrons. The van der Waals surface area contributed by atoms with Gasteiger partial charge in [0.2, 0.25) is 5.91 Å². The molecule has 9 heteroatoms. The van der Waals surface area contributed by atoms with Gasteiger partial charge in [-0.2, -0.15) is 0 Å². The maximum absolute atomic E-state index is 12.4. The first-order valence-corrected chi connectivity index (χ1v) is 8.31. The largest absolute Gasteiger partial charge is 0.495 e. The molecule has 2 aromatic carbocycles. The zero-order valence-corrected chi connectivity index (χ0v) is 15.7. The van der Waals surface area contributed by atoms with Gasteiger partial charge in [0.1, 0.15) is 11.8 Å². The highest BCUT2D eigenvalue weighted by atomic mass is 35.5. The Balaban J connectivity index is 2.10. The molecule has 2 N–H and O–H groups in total. The van der Waals surface area contributed by atoms with Crippen LogP contribution in [0.15, 0.2) is 36.4 Å². The van der Waals surface area contributed by atoms with Crippen LogP contribution in [0, 0.1) is 17.0 Å². The predicted octanol–water partition coefficient (Wildman–Crippen LogP) is 3.32. The fraction of sp³-hybridized carbons (Fsp3) is 0.222. The number of ether oxygens (including phenoxy) is 1. The molecule has 27 heavy (non-hydrogen) atoms. The number of rotatable bonds is 6. The summed E-state index contributed by atoms with van der Waals surface area (Å²) in [5, 5.41) is 16.5. The molecule has 0 fully saturated rings. The third-order valence-corrected chi connectivity index (χ3v) is 4.21. The van der Waals surface area contributed by atoms with Gasteiger partial charge in [0.15, 0.2) is 0 Å². The number of anilines is 1. The van der Waals surface area contributed by atoms with Gasteiger partial charge in [-0.25, -0.2) is 0 Å². The fourth-order valence-corrected chi connectivity index (χ4v) is 2.43. The van der Waals surface area contributed by atoms with Crippen LogP contribution in [0.4, 0.5) is 11.4 Å². The minimum atomic E-state index is -0.891. The molecule has 0 heterocycles. The van der Waals surface area contributed by atoms with Crippen molar-refractivity contribution in [2.45, 2.75) is 19.9 Å². The maximum Gasteiger partial charge on any atom is 0.270 e. The molecule has 1 unspecified atom stereocenters. The van der Waals surface area contributed by atoms with E-state index < -0.39 is 22.8 Å². The number of nitro groups is 1. The van der Waals surface area contributed by atoms with Crippen LogP contribution in [0.25, 0.3) is 0 Å². The van der Waals surface area contributed by atoms with E-state index in [0.29, 0.717) is 16.5 Å². The monoisotopic (exact) mass is 391 g/mol. The Morgan fingerprint density at radius 2 is 1.96 bits per heavy atom. The Labute approximate surface area is 160 Å². The van der Waals surface area contributed by atoms with E-state index in [2.05, 4.69) is 10.6 Å². The lowest BCUT2D eigenvalue weighted by atomic mass is 10.1. The van der Waals surface area contributed by atoms with Crippen molar-refractivity contribution in [3.05, 3.63) is 62.7 Å². The highest BCUT2D eigenvalue weighted by molar-refractivity contribution is 6.31. The number of nitrogens with one attached hydrogen (secondary N) is 2. The Morgan fingerprint density at radius 1 is 1.26 bits per heavy atom. The average molecular weight is 392 g/mol. The van der Waals surface area contributed by atoms with Gasteiger partial charge in [-0.05, 0) is 31.5 Å². The van der Waals surface area contributed by atoms with Gasteiger partial charge in [0, 0.05) is 28.8 Å².